The van der Waals surface area contributed by atoms with E-state index in [0.717, 1.165) is 0 Å². The molecule has 0 saturated carbocycles. The molecule has 0 bridgehead atoms. The van der Waals surface area contributed by atoms with Crippen LogP contribution >= 0.6 is 0 Å². The number of hydrogen-bond donors (Lipinski definition) is 2. The molecule has 0 spiro atoms. The summed E-state index contributed by atoms with van der Waals surface area (Å²) in [4.78, 5) is 0. The molecule has 2 N–H and O–H groups in total. The van der Waals surface area contributed by atoms with E-state index >= 15 is 0 Å². The Labute approximate surface area is 91.0 Å². The third-order valence-corrected chi connectivity index (χ3v) is 1.82. The van der Waals surface area contributed by atoms with Crippen molar-refractivity contribution in [2.45, 2.75) is 0 Å². The first kappa shape index (κ1) is 11.2. The zero-order chi connectivity index (χ0) is 12.0. The maximum absolute atomic E-state index is 8.64. The summed E-state index contributed by atoms with van der Waals surface area (Å²) in [5.74, 6) is 0. The summed E-state index contributed by atoms with van der Waals surface area (Å²) in [5.41, 5.74) is 0.298. The Bertz CT molecular complexity index is 489. The van der Waals surface area contributed by atoms with Crippen molar-refractivity contribution in [3.8, 4) is 12.1 Å². The maximum Gasteiger partial charge on any atom is 0.186 e. The molecule has 6 heteroatoms. The average Bonchev–Trinajstić information content (AvgIpc) is 2.33. The van der Waals surface area contributed by atoms with Gasteiger partial charge < -0.3 is 10.4 Å². The van der Waals surface area contributed by atoms with E-state index in [2.05, 4.69) is 10.3 Å². The molecule has 0 aliphatic heterocycles. The molecule has 6 nitrogen and oxygen atoms in total. The molecule has 0 unspecified atom stereocenters. The lowest BCUT2D eigenvalue weighted by atomic mass is 10.0. The monoisotopic (exact) mass is 214 g/mol. The van der Waals surface area contributed by atoms with Crippen LogP contribution in [-0.2, 0) is 0 Å². The zero-order valence-electron chi connectivity index (χ0n) is 7.99. The molecule has 0 atom stereocenters. The highest BCUT2D eigenvalue weighted by Gasteiger charge is 2.07. The maximum atomic E-state index is 8.64. The molecule has 16 heavy (non-hydrogen) atoms. The van der Waals surface area contributed by atoms with Gasteiger partial charge in [-0.2, -0.15) is 10.5 Å². The summed E-state index contributed by atoms with van der Waals surface area (Å²) in [6.07, 6.45) is 0. The number of nitriles is 2. The van der Waals surface area contributed by atoms with Crippen molar-refractivity contribution in [2.75, 3.05) is 0 Å². The molecule has 78 valence electrons. The molecule has 0 saturated heterocycles. The summed E-state index contributed by atoms with van der Waals surface area (Å²) in [6, 6.07) is 9.41. The van der Waals surface area contributed by atoms with E-state index in [4.69, 9.17) is 20.9 Å². The minimum absolute atomic E-state index is 0.183. The van der Waals surface area contributed by atoms with Gasteiger partial charge >= 0.3 is 0 Å². The van der Waals surface area contributed by atoms with E-state index in [1.807, 2.05) is 0 Å². The lowest BCUT2D eigenvalue weighted by Crippen LogP contribution is -2.02. The topological polar surface area (TPSA) is 113 Å². The largest absolute Gasteiger partial charge is 0.410 e. The van der Waals surface area contributed by atoms with Crippen molar-refractivity contribution >= 4 is 11.4 Å². The van der Waals surface area contributed by atoms with E-state index in [1.165, 1.54) is 18.2 Å². The first-order chi connectivity index (χ1) is 7.76. The van der Waals surface area contributed by atoms with Crippen LogP contribution < -0.4 is 0 Å². The predicted molar refractivity (Wildman–Crippen MR) is 54.3 cm³/mol. The smallest absolute Gasteiger partial charge is 0.186 e. The third kappa shape index (κ3) is 2.14. The van der Waals surface area contributed by atoms with Crippen molar-refractivity contribution in [3.05, 3.63) is 35.4 Å². The van der Waals surface area contributed by atoms with Crippen LogP contribution in [0.2, 0.25) is 0 Å². The molecular weight excluding hydrogens is 208 g/mol. The second-order valence-corrected chi connectivity index (χ2v) is 2.70. The summed E-state index contributed by atoms with van der Waals surface area (Å²) < 4.78 is 0. The van der Waals surface area contributed by atoms with Gasteiger partial charge in [-0.15, -0.1) is 0 Å². The standard InChI is InChI=1S/C10H6N4O2/c11-5-9(13-15)7-2-1-3-8(4-7)10(6-12)14-16/h1-4,15-16H/b13-9+,14-10?. The van der Waals surface area contributed by atoms with E-state index in [-0.39, 0.29) is 11.4 Å². The molecule has 0 aliphatic carbocycles. The molecule has 0 aromatic heterocycles. The van der Waals surface area contributed by atoms with Gasteiger partial charge in [-0.3, -0.25) is 0 Å². The van der Waals surface area contributed by atoms with Gasteiger partial charge in [-0.05, 0) is 6.07 Å². The molecule has 0 heterocycles. The van der Waals surface area contributed by atoms with Crippen LogP contribution in [0.1, 0.15) is 11.1 Å². The second kappa shape index (κ2) is 5.13. The van der Waals surface area contributed by atoms with Gasteiger partial charge in [0.2, 0.25) is 0 Å². The first-order valence-corrected chi connectivity index (χ1v) is 4.12. The van der Waals surface area contributed by atoms with Crippen LogP contribution in [0.15, 0.2) is 34.6 Å². The van der Waals surface area contributed by atoms with Gasteiger partial charge in [0, 0.05) is 11.1 Å². The van der Waals surface area contributed by atoms with Crippen molar-refractivity contribution < 1.29 is 10.4 Å². The Morgan fingerprint density at radius 3 is 1.75 bits per heavy atom. The number of hydrogen-bond acceptors (Lipinski definition) is 6. The van der Waals surface area contributed by atoms with Crippen LogP contribution in [0.4, 0.5) is 0 Å². The fourth-order valence-electron chi connectivity index (χ4n) is 1.10. The summed E-state index contributed by atoms with van der Waals surface area (Å²) in [7, 11) is 0. The van der Waals surface area contributed by atoms with Crippen molar-refractivity contribution in [1.82, 2.24) is 0 Å². The highest BCUT2D eigenvalue weighted by atomic mass is 16.4. The van der Waals surface area contributed by atoms with E-state index < -0.39 is 0 Å². The fourth-order valence-corrected chi connectivity index (χ4v) is 1.10. The van der Waals surface area contributed by atoms with Crippen molar-refractivity contribution in [3.63, 3.8) is 0 Å². The van der Waals surface area contributed by atoms with Gasteiger partial charge in [0.1, 0.15) is 12.1 Å². The predicted octanol–water partition coefficient (Wildman–Crippen LogP) is 1.09. The van der Waals surface area contributed by atoms with Crippen molar-refractivity contribution in [1.29, 1.82) is 10.5 Å². The van der Waals surface area contributed by atoms with Gasteiger partial charge in [0.05, 0.1) is 0 Å². The van der Waals surface area contributed by atoms with Gasteiger partial charge in [-0.1, -0.05) is 28.5 Å². The van der Waals surface area contributed by atoms with E-state index in [9.17, 15) is 0 Å². The minimum atomic E-state index is -0.183. The lowest BCUT2D eigenvalue weighted by molar-refractivity contribution is 0.320. The summed E-state index contributed by atoms with van der Waals surface area (Å²) in [5, 5.41) is 40.0. The SMILES string of the molecule is N#CC(=NO)c1cccc(/C(C#N)=N/O)c1. The lowest BCUT2D eigenvalue weighted by Gasteiger charge is -1.99. The normalized spacial score (nSPS) is 11.6. The molecule has 0 radical (unpaired) electrons. The number of oxime groups is 2. The third-order valence-electron chi connectivity index (χ3n) is 1.82. The fraction of sp³-hybridized carbons (Fsp3) is 0. The van der Waals surface area contributed by atoms with Crippen LogP contribution in [0, 0.1) is 22.7 Å². The molecule has 1 rings (SSSR count). The van der Waals surface area contributed by atoms with E-state index in [1.54, 1.807) is 18.2 Å². The quantitative estimate of drug-likeness (QED) is 0.435. The molecule has 0 fully saturated rings. The van der Waals surface area contributed by atoms with Crippen LogP contribution in [0.3, 0.4) is 0 Å². The molecule has 1 aromatic rings. The van der Waals surface area contributed by atoms with Gasteiger partial charge in [-0.25, -0.2) is 0 Å². The second-order valence-electron chi connectivity index (χ2n) is 2.70. The van der Waals surface area contributed by atoms with Gasteiger partial charge in [0.25, 0.3) is 0 Å². The number of benzene rings is 1. The zero-order valence-corrected chi connectivity index (χ0v) is 7.99. The number of rotatable bonds is 2. The Morgan fingerprint density at radius 1 is 1.00 bits per heavy atom. The molecule has 0 amide bonds. The Hall–Kier alpha value is -2.86. The Balaban J connectivity index is 3.26. The van der Waals surface area contributed by atoms with Crippen LogP contribution in [-0.4, -0.2) is 21.8 Å². The molecular formula is C10H6N4O2. The Kier molecular flexibility index (Phi) is 3.59. The molecule has 0 aliphatic rings. The summed E-state index contributed by atoms with van der Waals surface area (Å²) >= 11 is 0. The Morgan fingerprint density at radius 2 is 1.44 bits per heavy atom. The van der Waals surface area contributed by atoms with Crippen LogP contribution in [0.5, 0.6) is 0 Å². The molecule has 1 aromatic carbocycles. The van der Waals surface area contributed by atoms with E-state index in [0.29, 0.717) is 11.1 Å². The van der Waals surface area contributed by atoms with Crippen molar-refractivity contribution in [2.24, 2.45) is 10.3 Å². The van der Waals surface area contributed by atoms with Gasteiger partial charge in [0.15, 0.2) is 11.4 Å². The highest BCUT2D eigenvalue weighted by Crippen LogP contribution is 2.07. The first-order valence-electron chi connectivity index (χ1n) is 4.12. The minimum Gasteiger partial charge on any atom is -0.410 e. The van der Waals surface area contributed by atoms with Crippen LogP contribution in [0.25, 0.3) is 0 Å². The average molecular weight is 214 g/mol. The number of nitrogens with zero attached hydrogens (tertiary/aromatic N) is 4. The highest BCUT2D eigenvalue weighted by molar-refractivity contribution is 6.15. The summed E-state index contributed by atoms with van der Waals surface area (Å²) in [6.45, 7) is 0.